The molecule has 0 radical (unpaired) electrons. The van der Waals surface area contributed by atoms with Crippen LogP contribution in [0.2, 0.25) is 0 Å². The normalized spacial score (nSPS) is 13.8. The molecule has 0 bridgehead atoms. The van der Waals surface area contributed by atoms with Gasteiger partial charge in [0.2, 0.25) is 0 Å². The summed E-state index contributed by atoms with van der Waals surface area (Å²) in [6.07, 6.45) is 8.17. The third-order valence-electron chi connectivity index (χ3n) is 13.3. The Hall–Kier alpha value is -8.80. The van der Waals surface area contributed by atoms with Crippen molar-refractivity contribution in [1.29, 1.82) is 0 Å². The molecule has 1 aliphatic heterocycles. The van der Waals surface area contributed by atoms with Gasteiger partial charge in [0, 0.05) is 73.3 Å². The lowest BCUT2D eigenvalue weighted by molar-refractivity contribution is 0.667. The Kier molecular flexibility index (Phi) is 8.52. The zero-order valence-corrected chi connectivity index (χ0v) is 36.1. The minimum atomic E-state index is 0.862. The molecule has 0 aliphatic carbocycles. The summed E-state index contributed by atoms with van der Waals surface area (Å²) < 4.78 is 17.0. The summed E-state index contributed by atoms with van der Waals surface area (Å²) in [5, 5.41) is 9.51. The van der Waals surface area contributed by atoms with Gasteiger partial charge in [0.25, 0.3) is 0 Å². The maximum Gasteiger partial charge on any atom is 0.145 e. The lowest BCUT2D eigenvalue weighted by Crippen LogP contribution is -2.10. The lowest BCUT2D eigenvalue weighted by Gasteiger charge is -2.20. The first kappa shape index (κ1) is 37.7. The van der Waals surface area contributed by atoms with E-state index in [1.807, 2.05) is 54.6 Å². The van der Waals surface area contributed by atoms with Crippen molar-refractivity contribution >= 4 is 98.7 Å². The van der Waals surface area contributed by atoms with Gasteiger partial charge < -0.3 is 22.9 Å². The van der Waals surface area contributed by atoms with Crippen LogP contribution in [0, 0.1) is 0 Å². The van der Waals surface area contributed by atoms with E-state index in [1.165, 1.54) is 71.2 Å². The molecule has 0 unspecified atom stereocenters. The third kappa shape index (κ3) is 5.87. The van der Waals surface area contributed by atoms with Crippen molar-refractivity contribution in [3.8, 4) is 22.5 Å². The fourth-order valence-electron chi connectivity index (χ4n) is 10.2. The van der Waals surface area contributed by atoms with Crippen LogP contribution < -0.4 is 4.90 Å². The second-order valence-corrected chi connectivity index (χ2v) is 17.1. The fourth-order valence-corrected chi connectivity index (χ4v) is 10.2. The molecule has 0 saturated carbocycles. The second kappa shape index (κ2) is 14.9. The van der Waals surface area contributed by atoms with Crippen LogP contribution in [0.25, 0.3) is 116 Å². The molecule has 0 fully saturated rings. The number of hydrogen-bond acceptors (Lipinski definition) is 3. The van der Waals surface area contributed by atoms with Crippen molar-refractivity contribution in [3.05, 3.63) is 231 Å². The first-order valence-electron chi connectivity index (χ1n) is 22.3. The molecule has 9 aromatic carbocycles. The van der Waals surface area contributed by atoms with E-state index in [9.17, 15) is 0 Å². The Morgan fingerprint density at radius 1 is 0.394 bits per heavy atom. The molecule has 0 amide bonds. The maximum absolute atomic E-state index is 6.61. The van der Waals surface area contributed by atoms with Crippen LogP contribution >= 0.6 is 0 Å². The van der Waals surface area contributed by atoms with Crippen LogP contribution in [0.15, 0.2) is 234 Å². The molecule has 0 atom stereocenters. The Morgan fingerprint density at radius 3 is 1.59 bits per heavy atom. The lowest BCUT2D eigenvalue weighted by atomic mass is 9.99. The monoisotopic (exact) mass is 847 g/mol. The van der Waals surface area contributed by atoms with E-state index >= 15 is 0 Å². The van der Waals surface area contributed by atoms with E-state index in [0.29, 0.717) is 0 Å². The van der Waals surface area contributed by atoms with Crippen molar-refractivity contribution in [3.63, 3.8) is 0 Å². The number of aromatic nitrogens is 2. The minimum Gasteiger partial charge on any atom is -0.456 e. The fraction of sp³-hybridized carbons (Fsp3) is 0.0164. The van der Waals surface area contributed by atoms with Crippen LogP contribution in [0.4, 0.5) is 5.69 Å². The average Bonchev–Trinajstić information content (AvgIpc) is 4.12. The average molecular weight is 848 g/mol. The highest BCUT2D eigenvalue weighted by Crippen LogP contribution is 2.42. The van der Waals surface area contributed by atoms with Gasteiger partial charge in [0.15, 0.2) is 0 Å². The molecule has 14 rings (SSSR count). The molecule has 312 valence electrons. The van der Waals surface area contributed by atoms with Gasteiger partial charge in [-0.25, -0.2) is 0 Å². The number of rotatable bonds is 3. The van der Waals surface area contributed by atoms with E-state index in [0.717, 1.165) is 55.6 Å². The summed E-state index contributed by atoms with van der Waals surface area (Å²) in [5.41, 5.74) is 16.1. The number of hydrogen-bond donors (Lipinski definition) is 0. The molecular weight excluding hydrogens is 807 g/mol. The maximum atomic E-state index is 6.61. The molecule has 13 aromatic rings. The summed E-state index contributed by atoms with van der Waals surface area (Å²) in [7, 11) is 2.06. The van der Waals surface area contributed by atoms with E-state index in [-0.39, 0.29) is 0 Å². The highest BCUT2D eigenvalue weighted by molar-refractivity contribution is 6.15. The van der Waals surface area contributed by atoms with Crippen molar-refractivity contribution in [2.45, 2.75) is 0 Å². The summed E-state index contributed by atoms with van der Waals surface area (Å²) in [4.78, 5) is 2.12. The van der Waals surface area contributed by atoms with Gasteiger partial charge >= 0.3 is 0 Å². The molecule has 5 heterocycles. The van der Waals surface area contributed by atoms with Gasteiger partial charge in [-0.05, 0) is 114 Å². The van der Waals surface area contributed by atoms with Gasteiger partial charge in [-0.15, -0.1) is 0 Å². The number of fused-ring (bicyclic) bond motifs is 14. The first-order valence-corrected chi connectivity index (χ1v) is 22.3. The van der Waals surface area contributed by atoms with E-state index in [1.54, 1.807) is 0 Å². The van der Waals surface area contributed by atoms with Crippen LogP contribution in [0.5, 0.6) is 0 Å². The van der Waals surface area contributed by atoms with E-state index in [2.05, 4.69) is 192 Å². The van der Waals surface area contributed by atoms with Crippen LogP contribution in [-0.4, -0.2) is 16.2 Å². The van der Waals surface area contributed by atoms with Crippen molar-refractivity contribution < 1.29 is 8.83 Å². The van der Waals surface area contributed by atoms with Gasteiger partial charge in [-0.3, -0.25) is 0 Å². The number of nitrogens with zero attached hydrogens (tertiary/aromatic N) is 3. The zero-order chi connectivity index (χ0) is 43.9. The van der Waals surface area contributed by atoms with Gasteiger partial charge in [-0.2, -0.15) is 0 Å². The van der Waals surface area contributed by atoms with Crippen molar-refractivity contribution in [1.82, 2.24) is 9.13 Å². The number of allylic oxidation sites excluding steroid dienone is 4. The van der Waals surface area contributed by atoms with Gasteiger partial charge in [-0.1, -0.05) is 122 Å². The number of furan rings is 2. The highest BCUT2D eigenvalue weighted by Gasteiger charge is 2.21. The number of anilines is 1. The smallest absolute Gasteiger partial charge is 0.145 e. The Morgan fingerprint density at radius 2 is 0.939 bits per heavy atom. The Labute approximate surface area is 380 Å². The van der Waals surface area contributed by atoms with Crippen molar-refractivity contribution in [2.24, 2.45) is 0 Å². The largest absolute Gasteiger partial charge is 0.456 e. The second-order valence-electron chi connectivity index (χ2n) is 17.1. The number of para-hydroxylation sites is 5. The standard InChI is InChI=1S/C49H33N3O.C12H8O/c1-31-12-10-11-27-50(2)46-25-22-38-41-30-35(21-26-47(41)53-49(38)48(31)46)52-43-18-9-7-16-37(43)40-29-33(20-24-45(40)52)32-19-23-44-39(28-32)36-15-6-8-17-42(36)51(44)34-13-4-3-5-14-34;1-3-7-11-9(5-1)10-6-2-4-8-12(10)13-11/h3-30H,1H2,2H3;1-8H/b12-10-,27-11-;. The summed E-state index contributed by atoms with van der Waals surface area (Å²) in [6.45, 7) is 4.40. The van der Waals surface area contributed by atoms with Gasteiger partial charge in [0.1, 0.15) is 22.3 Å². The summed E-state index contributed by atoms with van der Waals surface area (Å²) >= 11 is 0. The quantitative estimate of drug-likeness (QED) is 0.178. The summed E-state index contributed by atoms with van der Waals surface area (Å²) in [6, 6.07) is 69.0. The zero-order valence-electron chi connectivity index (χ0n) is 36.1. The molecule has 66 heavy (non-hydrogen) atoms. The van der Waals surface area contributed by atoms with E-state index < -0.39 is 0 Å². The highest BCUT2D eigenvalue weighted by atomic mass is 16.3. The van der Waals surface area contributed by atoms with Crippen LogP contribution in [0.1, 0.15) is 5.56 Å². The van der Waals surface area contributed by atoms with Crippen LogP contribution in [0.3, 0.4) is 0 Å². The Bertz CT molecular complexity index is 4100. The molecule has 5 nitrogen and oxygen atoms in total. The molecule has 4 aromatic heterocycles. The van der Waals surface area contributed by atoms with E-state index in [4.69, 9.17) is 8.83 Å². The molecule has 5 heteroatoms. The first-order chi connectivity index (χ1) is 32.6. The SMILES string of the molecule is C=C1/C=C\C=C/N(C)c2ccc3c(oc4ccc(-n5c6ccccc6c6cc(-c7ccc8c(c7)c7ccccc7n8-c7ccccc7)ccc65)cc43)c21.c1ccc2c(c1)oc1ccccc12. The molecule has 0 spiro atoms. The summed E-state index contributed by atoms with van der Waals surface area (Å²) in [5.74, 6) is 0. The molecular formula is C61H41N3O2. The van der Waals surface area contributed by atoms with Crippen molar-refractivity contribution in [2.75, 3.05) is 11.9 Å². The van der Waals surface area contributed by atoms with Gasteiger partial charge in [0.05, 0.1) is 27.8 Å². The molecule has 0 saturated heterocycles. The third-order valence-corrected chi connectivity index (χ3v) is 13.3. The number of benzene rings is 9. The topological polar surface area (TPSA) is 39.4 Å². The molecule has 1 aliphatic rings. The molecule has 0 N–H and O–H groups in total. The van der Waals surface area contributed by atoms with Crippen LogP contribution in [-0.2, 0) is 0 Å². The Balaban J connectivity index is 0.000000286. The minimum absolute atomic E-state index is 0.862. The predicted octanol–water partition coefficient (Wildman–Crippen LogP) is 16.6. The predicted molar refractivity (Wildman–Crippen MR) is 277 cm³/mol.